The minimum atomic E-state index is -0.564. The number of aromatic nitrogens is 1. The minimum Gasteiger partial charge on any atom is -0.477 e. The Hall–Kier alpha value is -2.93. The summed E-state index contributed by atoms with van der Waals surface area (Å²) in [7, 11) is 0. The van der Waals surface area contributed by atoms with Crippen molar-refractivity contribution in [2.45, 2.75) is 25.4 Å². The van der Waals surface area contributed by atoms with Crippen molar-refractivity contribution in [2.75, 3.05) is 37.7 Å². The summed E-state index contributed by atoms with van der Waals surface area (Å²) in [5.74, 6) is 0.175. The number of piperidine rings is 1. The molecule has 1 atom stereocenters. The summed E-state index contributed by atoms with van der Waals surface area (Å²) in [5.41, 5.74) is 0.749. The number of morpholine rings is 1. The molecule has 152 valence electrons. The summed E-state index contributed by atoms with van der Waals surface area (Å²) in [6.45, 7) is 3.84. The number of nitrogens with zero attached hydrogens (tertiary/aromatic N) is 3. The van der Waals surface area contributed by atoms with E-state index < -0.39 is 5.60 Å². The van der Waals surface area contributed by atoms with Crippen LogP contribution in [0.1, 0.15) is 30.1 Å². The van der Waals surface area contributed by atoms with Gasteiger partial charge in [-0.2, -0.15) is 0 Å². The molecule has 3 heterocycles. The van der Waals surface area contributed by atoms with Crippen molar-refractivity contribution in [1.29, 1.82) is 0 Å². The van der Waals surface area contributed by atoms with Gasteiger partial charge in [0.25, 0.3) is 11.8 Å². The molecule has 0 aliphatic carbocycles. The predicted octanol–water partition coefficient (Wildman–Crippen LogP) is 2.52. The van der Waals surface area contributed by atoms with Crippen molar-refractivity contribution in [3.63, 3.8) is 0 Å². The SMILES string of the molecule is CCOc1ncccc1C(=O)N1CCCC2(C1)CN(c1ccccc1)C(=O)CO2. The monoisotopic (exact) mass is 395 g/mol. The molecule has 1 aromatic carbocycles. The van der Waals surface area contributed by atoms with Gasteiger partial charge in [0.2, 0.25) is 5.88 Å². The molecule has 2 fully saturated rings. The molecule has 4 rings (SSSR count). The van der Waals surface area contributed by atoms with E-state index in [4.69, 9.17) is 9.47 Å². The first-order valence-corrected chi connectivity index (χ1v) is 9.98. The van der Waals surface area contributed by atoms with Gasteiger partial charge in [-0.1, -0.05) is 18.2 Å². The molecule has 2 aliphatic rings. The van der Waals surface area contributed by atoms with E-state index in [-0.39, 0.29) is 18.4 Å². The van der Waals surface area contributed by atoms with E-state index in [0.29, 0.717) is 37.7 Å². The molecule has 0 bridgehead atoms. The number of carbonyl (C=O) groups excluding carboxylic acids is 2. The van der Waals surface area contributed by atoms with Crippen LogP contribution < -0.4 is 9.64 Å². The van der Waals surface area contributed by atoms with Crippen LogP contribution in [0.2, 0.25) is 0 Å². The van der Waals surface area contributed by atoms with Crippen LogP contribution in [-0.2, 0) is 9.53 Å². The topological polar surface area (TPSA) is 72.0 Å². The number of pyridine rings is 1. The normalized spacial score (nSPS) is 22.0. The average molecular weight is 395 g/mol. The molecule has 1 aromatic heterocycles. The Labute approximate surface area is 170 Å². The fourth-order valence-electron chi connectivity index (χ4n) is 4.05. The van der Waals surface area contributed by atoms with Crippen molar-refractivity contribution < 1.29 is 19.1 Å². The fraction of sp³-hybridized carbons (Fsp3) is 0.409. The van der Waals surface area contributed by atoms with Gasteiger partial charge in [0.05, 0.1) is 19.7 Å². The van der Waals surface area contributed by atoms with Crippen LogP contribution in [0.3, 0.4) is 0 Å². The van der Waals surface area contributed by atoms with Gasteiger partial charge >= 0.3 is 0 Å². The van der Waals surface area contributed by atoms with E-state index >= 15 is 0 Å². The summed E-state index contributed by atoms with van der Waals surface area (Å²) in [4.78, 5) is 33.4. The molecular weight excluding hydrogens is 370 g/mol. The lowest BCUT2D eigenvalue weighted by Gasteiger charge is -2.47. The lowest BCUT2D eigenvalue weighted by molar-refractivity contribution is -0.144. The molecule has 2 aromatic rings. The highest BCUT2D eigenvalue weighted by molar-refractivity contribution is 5.97. The average Bonchev–Trinajstić information content (AvgIpc) is 2.76. The lowest BCUT2D eigenvalue weighted by Crippen LogP contribution is -2.62. The Bertz CT molecular complexity index is 889. The molecule has 2 amide bonds. The number of likely N-dealkylation sites (tertiary alicyclic amines) is 1. The predicted molar refractivity (Wildman–Crippen MR) is 108 cm³/mol. The summed E-state index contributed by atoms with van der Waals surface area (Å²) in [6, 6.07) is 13.1. The standard InChI is InChI=1S/C22H25N3O4/c1-2-28-20-18(10-6-12-23-20)21(27)24-13-7-11-22(15-24)16-25(19(26)14-29-22)17-8-4-3-5-9-17/h3-6,8-10,12H,2,7,11,13-16H2,1H3. The molecule has 1 spiro atoms. The van der Waals surface area contributed by atoms with Gasteiger partial charge in [-0.25, -0.2) is 4.98 Å². The molecule has 1 unspecified atom stereocenters. The van der Waals surface area contributed by atoms with E-state index in [9.17, 15) is 9.59 Å². The van der Waals surface area contributed by atoms with Crippen LogP contribution in [-0.4, -0.2) is 60.1 Å². The number of anilines is 1. The van der Waals surface area contributed by atoms with Crippen LogP contribution in [0, 0.1) is 0 Å². The lowest BCUT2D eigenvalue weighted by atomic mass is 9.90. The smallest absolute Gasteiger partial charge is 0.259 e. The van der Waals surface area contributed by atoms with Gasteiger partial charge < -0.3 is 19.3 Å². The maximum Gasteiger partial charge on any atom is 0.259 e. The van der Waals surface area contributed by atoms with E-state index in [2.05, 4.69) is 4.98 Å². The van der Waals surface area contributed by atoms with Gasteiger partial charge in [-0.15, -0.1) is 0 Å². The number of hydrogen-bond donors (Lipinski definition) is 0. The van der Waals surface area contributed by atoms with Gasteiger partial charge in [0, 0.05) is 18.4 Å². The van der Waals surface area contributed by atoms with Crippen molar-refractivity contribution in [3.05, 3.63) is 54.2 Å². The number of amides is 2. The Balaban J connectivity index is 1.55. The molecule has 2 aliphatic heterocycles. The number of hydrogen-bond acceptors (Lipinski definition) is 5. The van der Waals surface area contributed by atoms with E-state index in [1.807, 2.05) is 37.3 Å². The molecule has 0 saturated carbocycles. The molecule has 2 saturated heterocycles. The van der Waals surface area contributed by atoms with Crippen molar-refractivity contribution >= 4 is 17.5 Å². The van der Waals surface area contributed by atoms with Gasteiger partial charge in [-0.3, -0.25) is 9.59 Å². The number of rotatable bonds is 4. The highest BCUT2D eigenvalue weighted by atomic mass is 16.5. The third-order valence-electron chi connectivity index (χ3n) is 5.43. The van der Waals surface area contributed by atoms with Crippen LogP contribution in [0.4, 0.5) is 5.69 Å². The molecule has 0 N–H and O–H groups in total. The van der Waals surface area contributed by atoms with Crippen molar-refractivity contribution in [3.8, 4) is 5.88 Å². The van der Waals surface area contributed by atoms with Crippen LogP contribution in [0.5, 0.6) is 5.88 Å². The Morgan fingerprint density at radius 1 is 1.21 bits per heavy atom. The van der Waals surface area contributed by atoms with Gasteiger partial charge in [0.1, 0.15) is 17.8 Å². The van der Waals surface area contributed by atoms with Gasteiger partial charge in [-0.05, 0) is 44.0 Å². The van der Waals surface area contributed by atoms with Crippen LogP contribution >= 0.6 is 0 Å². The first kappa shape index (κ1) is 19.4. The molecule has 7 nitrogen and oxygen atoms in total. The van der Waals surface area contributed by atoms with Crippen LogP contribution in [0.25, 0.3) is 0 Å². The largest absolute Gasteiger partial charge is 0.477 e. The molecule has 7 heteroatoms. The first-order chi connectivity index (χ1) is 14.1. The van der Waals surface area contributed by atoms with E-state index in [1.54, 1.807) is 28.1 Å². The van der Waals surface area contributed by atoms with Crippen molar-refractivity contribution in [1.82, 2.24) is 9.88 Å². The Kier molecular flexibility index (Phi) is 5.49. The first-order valence-electron chi connectivity index (χ1n) is 9.98. The maximum absolute atomic E-state index is 13.2. The highest BCUT2D eigenvalue weighted by Gasteiger charge is 2.44. The van der Waals surface area contributed by atoms with E-state index in [0.717, 1.165) is 18.5 Å². The Morgan fingerprint density at radius 2 is 2.03 bits per heavy atom. The zero-order valence-electron chi connectivity index (χ0n) is 16.5. The third kappa shape index (κ3) is 3.96. The second kappa shape index (κ2) is 8.21. The summed E-state index contributed by atoms with van der Waals surface area (Å²) in [6.07, 6.45) is 3.23. The molecule has 0 radical (unpaired) electrons. The summed E-state index contributed by atoms with van der Waals surface area (Å²) in [5, 5.41) is 0. The molecule has 29 heavy (non-hydrogen) atoms. The number of para-hydroxylation sites is 1. The zero-order chi connectivity index (χ0) is 20.3. The van der Waals surface area contributed by atoms with Crippen LogP contribution in [0.15, 0.2) is 48.7 Å². The second-order valence-corrected chi connectivity index (χ2v) is 7.41. The number of benzene rings is 1. The number of ether oxygens (including phenoxy) is 2. The highest BCUT2D eigenvalue weighted by Crippen LogP contribution is 2.32. The summed E-state index contributed by atoms with van der Waals surface area (Å²) >= 11 is 0. The minimum absolute atomic E-state index is 0.0218. The van der Waals surface area contributed by atoms with Gasteiger partial charge in [0.15, 0.2) is 0 Å². The maximum atomic E-state index is 13.2. The zero-order valence-corrected chi connectivity index (χ0v) is 16.5. The van der Waals surface area contributed by atoms with Crippen molar-refractivity contribution in [2.24, 2.45) is 0 Å². The quantitative estimate of drug-likeness (QED) is 0.796. The Morgan fingerprint density at radius 3 is 2.83 bits per heavy atom. The second-order valence-electron chi connectivity index (χ2n) is 7.41. The number of carbonyl (C=O) groups is 2. The van der Waals surface area contributed by atoms with E-state index in [1.165, 1.54) is 0 Å². The third-order valence-corrected chi connectivity index (χ3v) is 5.43. The fourth-order valence-corrected chi connectivity index (χ4v) is 4.05. The summed E-state index contributed by atoms with van der Waals surface area (Å²) < 4.78 is 11.6. The molecular formula is C22H25N3O4.